The SMILES string of the molecule is COc1ccc2c(c1)/C(=c1/sc3n(c1=O)CN(c1cccc([N+](=O)[O-])c1)CN=3)C(=O)N2. The molecule has 0 unspecified atom stereocenters. The number of carbonyl (C=O) groups is 1. The summed E-state index contributed by atoms with van der Waals surface area (Å²) < 4.78 is 7.02. The van der Waals surface area contributed by atoms with Gasteiger partial charge in [0.05, 0.1) is 17.6 Å². The van der Waals surface area contributed by atoms with E-state index < -0.39 is 4.92 Å². The molecule has 0 spiro atoms. The summed E-state index contributed by atoms with van der Waals surface area (Å²) in [5.74, 6) is 0.228. The predicted octanol–water partition coefficient (Wildman–Crippen LogP) is 1.03. The lowest BCUT2D eigenvalue weighted by Crippen LogP contribution is -2.43. The number of anilines is 2. The average Bonchev–Trinajstić information content (AvgIpc) is 3.28. The van der Waals surface area contributed by atoms with Gasteiger partial charge in [0, 0.05) is 29.1 Å². The lowest BCUT2D eigenvalue weighted by molar-refractivity contribution is -0.384. The van der Waals surface area contributed by atoms with Crippen molar-refractivity contribution in [3.63, 3.8) is 0 Å². The van der Waals surface area contributed by atoms with Gasteiger partial charge in [0.25, 0.3) is 17.2 Å². The molecule has 2 aliphatic heterocycles. The zero-order chi connectivity index (χ0) is 21.7. The highest BCUT2D eigenvalue weighted by Gasteiger charge is 2.28. The number of amides is 1. The van der Waals surface area contributed by atoms with E-state index in [1.54, 1.807) is 35.2 Å². The van der Waals surface area contributed by atoms with Crippen LogP contribution in [-0.4, -0.2) is 29.2 Å². The quantitative estimate of drug-likeness (QED) is 0.483. The molecule has 1 N–H and O–H groups in total. The Morgan fingerprint density at radius 1 is 1.23 bits per heavy atom. The number of carbonyl (C=O) groups excluding carboxylic acids is 1. The minimum atomic E-state index is -0.466. The van der Waals surface area contributed by atoms with E-state index in [2.05, 4.69) is 10.3 Å². The Labute approximate surface area is 178 Å². The molecule has 2 aliphatic rings. The molecule has 3 aromatic rings. The number of rotatable bonds is 3. The number of thiazole rings is 1. The standard InChI is InChI=1S/C20H15N5O5S/c1-30-13-5-6-15-14(8-13)16(18(26)22-15)17-19(27)24-10-23(9-21-20(24)31-17)11-3-2-4-12(7-11)25(28)29/h2-8H,9-10H2,1H3,(H,22,26)/b17-16-. The van der Waals surface area contributed by atoms with Crippen LogP contribution in [0.5, 0.6) is 5.75 Å². The topological polar surface area (TPSA) is 119 Å². The van der Waals surface area contributed by atoms with Crippen LogP contribution in [0.1, 0.15) is 5.56 Å². The summed E-state index contributed by atoms with van der Waals surface area (Å²) in [4.78, 5) is 43.2. The predicted molar refractivity (Wildman–Crippen MR) is 114 cm³/mol. The minimum Gasteiger partial charge on any atom is -0.497 e. The van der Waals surface area contributed by atoms with E-state index in [4.69, 9.17) is 4.74 Å². The van der Waals surface area contributed by atoms with Gasteiger partial charge < -0.3 is 15.0 Å². The number of benzene rings is 2. The molecule has 5 rings (SSSR count). The zero-order valence-electron chi connectivity index (χ0n) is 16.2. The number of ether oxygens (including phenoxy) is 1. The lowest BCUT2D eigenvalue weighted by Gasteiger charge is -2.25. The van der Waals surface area contributed by atoms with Crippen LogP contribution in [0.2, 0.25) is 0 Å². The van der Waals surface area contributed by atoms with Crippen LogP contribution in [-0.2, 0) is 11.5 Å². The summed E-state index contributed by atoms with van der Waals surface area (Å²) >= 11 is 1.16. The first-order valence-corrected chi connectivity index (χ1v) is 10.1. The van der Waals surface area contributed by atoms with Gasteiger partial charge in [0.1, 0.15) is 23.6 Å². The number of hydrogen-bond acceptors (Lipinski definition) is 8. The van der Waals surface area contributed by atoms with Crippen LogP contribution < -0.4 is 29.8 Å². The monoisotopic (exact) mass is 437 g/mol. The number of nitro benzene ring substituents is 1. The number of methoxy groups -OCH3 is 1. The molecule has 3 heterocycles. The molecule has 0 saturated heterocycles. The summed E-state index contributed by atoms with van der Waals surface area (Å²) in [5.41, 5.74) is 1.74. The van der Waals surface area contributed by atoms with E-state index in [0.717, 1.165) is 11.3 Å². The van der Waals surface area contributed by atoms with Crippen LogP contribution >= 0.6 is 11.3 Å². The second-order valence-electron chi connectivity index (χ2n) is 6.95. The first-order chi connectivity index (χ1) is 15.0. The van der Waals surface area contributed by atoms with E-state index in [1.165, 1.54) is 23.8 Å². The van der Waals surface area contributed by atoms with Gasteiger partial charge in [-0.2, -0.15) is 0 Å². The highest BCUT2D eigenvalue weighted by atomic mass is 32.1. The van der Waals surface area contributed by atoms with Crippen molar-refractivity contribution in [1.82, 2.24) is 4.57 Å². The molecule has 1 amide bonds. The number of nitrogens with zero attached hydrogens (tertiary/aromatic N) is 4. The average molecular weight is 437 g/mol. The van der Waals surface area contributed by atoms with E-state index in [1.807, 2.05) is 0 Å². The summed E-state index contributed by atoms with van der Waals surface area (Å²) in [5, 5.41) is 13.9. The normalized spacial score (nSPS) is 16.3. The Hall–Kier alpha value is -3.99. The van der Waals surface area contributed by atoms with Gasteiger partial charge in [0.15, 0.2) is 4.80 Å². The maximum atomic E-state index is 13.2. The number of hydrogen-bond donors (Lipinski definition) is 1. The Morgan fingerprint density at radius 2 is 2.06 bits per heavy atom. The van der Waals surface area contributed by atoms with Crippen molar-refractivity contribution < 1.29 is 14.5 Å². The molecule has 0 radical (unpaired) electrons. The van der Waals surface area contributed by atoms with Gasteiger partial charge in [-0.25, -0.2) is 4.99 Å². The fourth-order valence-electron chi connectivity index (χ4n) is 3.63. The zero-order valence-corrected chi connectivity index (χ0v) is 17.0. The van der Waals surface area contributed by atoms with Gasteiger partial charge >= 0.3 is 0 Å². The molecule has 0 atom stereocenters. The number of non-ortho nitro benzene ring substituents is 1. The molecule has 0 fully saturated rings. The molecule has 0 bridgehead atoms. The van der Waals surface area contributed by atoms with Crippen LogP contribution in [0.15, 0.2) is 52.3 Å². The Bertz CT molecular complexity index is 1440. The van der Waals surface area contributed by atoms with Crippen molar-refractivity contribution in [2.45, 2.75) is 6.67 Å². The van der Waals surface area contributed by atoms with Crippen LogP contribution in [0.4, 0.5) is 17.1 Å². The van der Waals surface area contributed by atoms with Crippen molar-refractivity contribution in [3.8, 4) is 5.75 Å². The van der Waals surface area contributed by atoms with E-state index >= 15 is 0 Å². The van der Waals surface area contributed by atoms with Crippen molar-refractivity contribution >= 4 is 39.9 Å². The molecule has 10 nitrogen and oxygen atoms in total. The van der Waals surface area contributed by atoms with Gasteiger partial charge in [-0.15, -0.1) is 0 Å². The fourth-order valence-corrected chi connectivity index (χ4v) is 4.68. The van der Waals surface area contributed by atoms with Crippen molar-refractivity contribution in [2.24, 2.45) is 4.99 Å². The third-order valence-corrected chi connectivity index (χ3v) is 6.27. The Balaban J connectivity index is 1.61. The smallest absolute Gasteiger partial charge is 0.272 e. The molecular formula is C20H15N5O5S. The molecule has 156 valence electrons. The lowest BCUT2D eigenvalue weighted by atomic mass is 10.1. The molecular weight excluding hydrogens is 422 g/mol. The molecule has 2 aromatic carbocycles. The molecule has 0 aliphatic carbocycles. The molecule has 11 heteroatoms. The number of fused-ring (bicyclic) bond motifs is 2. The van der Waals surface area contributed by atoms with Gasteiger partial charge in [-0.05, 0) is 24.3 Å². The summed E-state index contributed by atoms with van der Waals surface area (Å²) in [6, 6.07) is 11.4. The van der Waals surface area contributed by atoms with Gasteiger partial charge in [0.2, 0.25) is 0 Å². The first-order valence-electron chi connectivity index (χ1n) is 9.24. The van der Waals surface area contributed by atoms with Gasteiger partial charge in [-0.3, -0.25) is 24.3 Å². The van der Waals surface area contributed by atoms with Crippen molar-refractivity contribution in [3.05, 3.63) is 77.8 Å². The largest absolute Gasteiger partial charge is 0.497 e. The minimum absolute atomic E-state index is 0.0367. The van der Waals surface area contributed by atoms with Crippen molar-refractivity contribution in [1.29, 1.82) is 0 Å². The van der Waals surface area contributed by atoms with Crippen LogP contribution in [0.3, 0.4) is 0 Å². The summed E-state index contributed by atoms with van der Waals surface area (Å²) in [6.45, 7) is 0.418. The van der Waals surface area contributed by atoms with Crippen LogP contribution in [0.25, 0.3) is 5.57 Å². The number of aromatic nitrogens is 1. The maximum Gasteiger partial charge on any atom is 0.272 e. The molecule has 0 saturated carbocycles. The first kappa shape index (κ1) is 19.0. The van der Waals surface area contributed by atoms with E-state index in [9.17, 15) is 19.7 Å². The van der Waals surface area contributed by atoms with E-state index in [-0.39, 0.29) is 30.5 Å². The highest BCUT2D eigenvalue weighted by Crippen LogP contribution is 2.33. The summed E-state index contributed by atoms with van der Waals surface area (Å²) in [6.07, 6.45) is 0. The number of nitrogens with one attached hydrogen (secondary N) is 1. The second-order valence-corrected chi connectivity index (χ2v) is 7.92. The van der Waals surface area contributed by atoms with Crippen LogP contribution in [0, 0.1) is 10.1 Å². The van der Waals surface area contributed by atoms with Gasteiger partial charge in [-0.1, -0.05) is 17.4 Å². The Kier molecular flexibility index (Phi) is 4.33. The maximum absolute atomic E-state index is 13.2. The fraction of sp³-hybridized carbons (Fsp3) is 0.150. The molecule has 1 aromatic heterocycles. The second kappa shape index (κ2) is 7.06. The third kappa shape index (κ3) is 3.06. The Morgan fingerprint density at radius 3 is 2.84 bits per heavy atom. The van der Waals surface area contributed by atoms with Crippen molar-refractivity contribution in [2.75, 3.05) is 24.0 Å². The third-order valence-electron chi connectivity index (χ3n) is 5.16. The van der Waals surface area contributed by atoms with E-state index in [0.29, 0.717) is 37.6 Å². The summed E-state index contributed by atoms with van der Waals surface area (Å²) in [7, 11) is 1.53. The highest BCUT2D eigenvalue weighted by molar-refractivity contribution is 7.07. The molecule has 31 heavy (non-hydrogen) atoms. The number of nitro groups is 1.